The minimum absolute atomic E-state index is 0.0564. The quantitative estimate of drug-likeness (QED) is 0.496. The lowest BCUT2D eigenvalue weighted by atomic mass is 10.2. The molecule has 0 fully saturated rings. The van der Waals surface area contributed by atoms with Crippen LogP contribution in [-0.4, -0.2) is 41.0 Å². The van der Waals surface area contributed by atoms with Crippen molar-refractivity contribution in [2.45, 2.75) is 13.1 Å². The smallest absolute Gasteiger partial charge is 0.275 e. The maximum Gasteiger partial charge on any atom is 0.275 e. The number of benzene rings is 2. The topological polar surface area (TPSA) is 133 Å². The third-order valence-corrected chi connectivity index (χ3v) is 4.32. The number of methoxy groups -OCH3 is 2. The second kappa shape index (κ2) is 9.57. The summed E-state index contributed by atoms with van der Waals surface area (Å²) in [6.45, 7) is -0.0936. The van der Waals surface area contributed by atoms with Crippen molar-refractivity contribution < 1.29 is 23.5 Å². The van der Waals surface area contributed by atoms with Crippen molar-refractivity contribution in [3.8, 4) is 11.5 Å². The van der Waals surface area contributed by atoms with Gasteiger partial charge in [0.2, 0.25) is 5.91 Å². The maximum absolute atomic E-state index is 13.0. The van der Waals surface area contributed by atoms with Gasteiger partial charge in [0.15, 0.2) is 23.0 Å². The summed E-state index contributed by atoms with van der Waals surface area (Å²) in [5.41, 5.74) is 7.01. The van der Waals surface area contributed by atoms with Crippen molar-refractivity contribution in [2.75, 3.05) is 25.3 Å². The fraction of sp³-hybridized carbons (Fsp3) is 0.200. The Hall–Kier alpha value is -4.15. The molecule has 0 spiro atoms. The van der Waals surface area contributed by atoms with Crippen LogP contribution in [-0.2, 0) is 17.9 Å². The molecule has 0 aliphatic rings. The van der Waals surface area contributed by atoms with Crippen LogP contribution in [0.15, 0.2) is 42.5 Å². The Bertz CT molecular complexity index is 1080. The minimum Gasteiger partial charge on any atom is -0.493 e. The largest absolute Gasteiger partial charge is 0.493 e. The molecule has 0 radical (unpaired) electrons. The SMILES string of the molecule is COc1ccc(NC(=O)Cn2nnc(C(=O)NCc3ccc(F)cc3)c2N)cc1OC. The van der Waals surface area contributed by atoms with Gasteiger partial charge >= 0.3 is 0 Å². The summed E-state index contributed by atoms with van der Waals surface area (Å²) in [6.07, 6.45) is 0. The zero-order valence-electron chi connectivity index (χ0n) is 16.9. The number of aromatic nitrogens is 3. The number of hydrogen-bond donors (Lipinski definition) is 3. The van der Waals surface area contributed by atoms with Crippen LogP contribution >= 0.6 is 0 Å². The van der Waals surface area contributed by atoms with E-state index < -0.39 is 11.8 Å². The van der Waals surface area contributed by atoms with Crippen molar-refractivity contribution in [3.05, 3.63) is 59.5 Å². The Morgan fingerprint density at radius 1 is 1.10 bits per heavy atom. The third-order valence-electron chi connectivity index (χ3n) is 4.32. The second-order valence-corrected chi connectivity index (χ2v) is 6.41. The van der Waals surface area contributed by atoms with Gasteiger partial charge in [0.05, 0.1) is 14.2 Å². The molecule has 1 heterocycles. The Morgan fingerprint density at radius 3 is 2.48 bits per heavy atom. The average molecular weight is 428 g/mol. The van der Waals surface area contributed by atoms with E-state index >= 15 is 0 Å². The van der Waals surface area contributed by atoms with Crippen molar-refractivity contribution in [2.24, 2.45) is 0 Å². The van der Waals surface area contributed by atoms with Gasteiger partial charge in [-0.3, -0.25) is 9.59 Å². The number of nitrogens with two attached hydrogens (primary N) is 1. The number of nitrogens with one attached hydrogen (secondary N) is 2. The van der Waals surface area contributed by atoms with E-state index in [0.717, 1.165) is 4.68 Å². The molecular formula is C20H21FN6O4. The molecule has 0 atom stereocenters. The van der Waals surface area contributed by atoms with Crippen molar-refractivity contribution in [1.29, 1.82) is 0 Å². The van der Waals surface area contributed by atoms with E-state index in [0.29, 0.717) is 22.7 Å². The van der Waals surface area contributed by atoms with E-state index in [2.05, 4.69) is 20.9 Å². The summed E-state index contributed by atoms with van der Waals surface area (Å²) in [5.74, 6) is -0.429. The second-order valence-electron chi connectivity index (χ2n) is 6.41. The summed E-state index contributed by atoms with van der Waals surface area (Å²) < 4.78 is 24.4. The molecule has 0 bridgehead atoms. The highest BCUT2D eigenvalue weighted by Crippen LogP contribution is 2.29. The molecule has 0 aliphatic carbocycles. The first kappa shape index (κ1) is 21.6. The Labute approximate surface area is 177 Å². The summed E-state index contributed by atoms with van der Waals surface area (Å²) in [7, 11) is 3.00. The lowest BCUT2D eigenvalue weighted by Gasteiger charge is -2.11. The highest BCUT2D eigenvalue weighted by atomic mass is 19.1. The van der Waals surface area contributed by atoms with E-state index in [4.69, 9.17) is 15.2 Å². The van der Waals surface area contributed by atoms with E-state index in [1.165, 1.54) is 26.4 Å². The van der Waals surface area contributed by atoms with Crippen LogP contribution in [0.25, 0.3) is 0 Å². The number of carbonyl (C=O) groups is 2. The van der Waals surface area contributed by atoms with Crippen LogP contribution in [0.2, 0.25) is 0 Å². The number of amides is 2. The van der Waals surface area contributed by atoms with Crippen molar-refractivity contribution >= 4 is 23.3 Å². The van der Waals surface area contributed by atoms with Crippen LogP contribution in [0.1, 0.15) is 16.1 Å². The molecule has 11 heteroatoms. The van der Waals surface area contributed by atoms with E-state index in [-0.39, 0.29) is 30.4 Å². The number of hydrogen-bond acceptors (Lipinski definition) is 7. The lowest BCUT2D eigenvalue weighted by molar-refractivity contribution is -0.116. The molecule has 162 valence electrons. The summed E-state index contributed by atoms with van der Waals surface area (Å²) in [6, 6.07) is 10.6. The lowest BCUT2D eigenvalue weighted by Crippen LogP contribution is -2.25. The van der Waals surface area contributed by atoms with Gasteiger partial charge < -0.3 is 25.8 Å². The fourth-order valence-corrected chi connectivity index (χ4v) is 2.72. The summed E-state index contributed by atoms with van der Waals surface area (Å²) in [4.78, 5) is 24.7. The average Bonchev–Trinajstić information content (AvgIpc) is 3.13. The predicted molar refractivity (Wildman–Crippen MR) is 110 cm³/mol. The molecule has 3 aromatic rings. The van der Waals surface area contributed by atoms with Crippen LogP contribution in [0.5, 0.6) is 11.5 Å². The fourth-order valence-electron chi connectivity index (χ4n) is 2.72. The molecule has 0 unspecified atom stereocenters. The number of rotatable bonds is 8. The maximum atomic E-state index is 13.0. The number of halogens is 1. The van der Waals surface area contributed by atoms with Crippen molar-refractivity contribution in [1.82, 2.24) is 20.3 Å². The number of ether oxygens (including phenoxy) is 2. The predicted octanol–water partition coefficient (Wildman–Crippen LogP) is 1.59. The molecule has 1 aromatic heterocycles. The Kier molecular flexibility index (Phi) is 6.65. The highest BCUT2D eigenvalue weighted by Gasteiger charge is 2.19. The van der Waals surface area contributed by atoms with E-state index in [1.54, 1.807) is 30.3 Å². The van der Waals surface area contributed by atoms with Gasteiger partial charge in [0.1, 0.15) is 12.4 Å². The summed E-state index contributed by atoms with van der Waals surface area (Å²) >= 11 is 0. The first-order valence-electron chi connectivity index (χ1n) is 9.14. The molecular weight excluding hydrogens is 407 g/mol. The van der Waals surface area contributed by atoms with Gasteiger partial charge in [-0.25, -0.2) is 9.07 Å². The van der Waals surface area contributed by atoms with Gasteiger partial charge in [-0.2, -0.15) is 0 Å². The Balaban J connectivity index is 1.61. The zero-order chi connectivity index (χ0) is 22.4. The first-order valence-corrected chi connectivity index (χ1v) is 9.14. The van der Waals surface area contributed by atoms with Gasteiger partial charge in [0, 0.05) is 18.3 Å². The number of nitrogens with zero attached hydrogens (tertiary/aromatic N) is 3. The van der Waals surface area contributed by atoms with Crippen LogP contribution in [0, 0.1) is 5.82 Å². The zero-order valence-corrected chi connectivity index (χ0v) is 16.9. The molecule has 0 aliphatic heterocycles. The molecule has 2 amide bonds. The first-order chi connectivity index (χ1) is 14.9. The molecule has 0 saturated heterocycles. The number of anilines is 2. The van der Waals surface area contributed by atoms with Crippen LogP contribution in [0.3, 0.4) is 0 Å². The molecule has 3 rings (SSSR count). The number of nitrogen functional groups attached to an aromatic ring is 1. The van der Waals surface area contributed by atoms with Gasteiger partial charge in [-0.1, -0.05) is 17.3 Å². The third kappa shape index (κ3) is 5.26. The van der Waals surface area contributed by atoms with Gasteiger partial charge in [0.25, 0.3) is 5.91 Å². The van der Waals surface area contributed by atoms with E-state index in [1.807, 2.05) is 0 Å². The molecule has 10 nitrogen and oxygen atoms in total. The summed E-state index contributed by atoms with van der Waals surface area (Å²) in [5, 5.41) is 12.8. The van der Waals surface area contributed by atoms with Crippen LogP contribution < -0.4 is 25.8 Å². The molecule has 31 heavy (non-hydrogen) atoms. The minimum atomic E-state index is -0.562. The monoisotopic (exact) mass is 428 g/mol. The van der Waals surface area contributed by atoms with Gasteiger partial charge in [-0.15, -0.1) is 5.10 Å². The Morgan fingerprint density at radius 2 is 1.81 bits per heavy atom. The van der Waals surface area contributed by atoms with Crippen LogP contribution in [0.4, 0.5) is 15.9 Å². The molecule has 4 N–H and O–H groups in total. The number of carbonyl (C=O) groups excluding carboxylic acids is 2. The van der Waals surface area contributed by atoms with Gasteiger partial charge in [-0.05, 0) is 29.8 Å². The molecule has 2 aromatic carbocycles. The normalized spacial score (nSPS) is 10.4. The highest BCUT2D eigenvalue weighted by molar-refractivity contribution is 5.97. The van der Waals surface area contributed by atoms with E-state index in [9.17, 15) is 14.0 Å². The standard InChI is InChI=1S/C20H21FN6O4/c1-30-15-8-7-14(9-16(15)31-2)24-17(28)11-27-19(22)18(25-26-27)20(29)23-10-12-3-5-13(21)6-4-12/h3-9H,10-11,22H2,1-2H3,(H,23,29)(H,24,28). The molecule has 0 saturated carbocycles. The van der Waals surface area contributed by atoms with Crippen molar-refractivity contribution in [3.63, 3.8) is 0 Å².